The van der Waals surface area contributed by atoms with E-state index in [4.69, 9.17) is 10.5 Å². The fraction of sp³-hybridized carbons (Fsp3) is 0.714. The molecule has 1 aromatic heterocycles. The molecule has 0 amide bonds. The van der Waals surface area contributed by atoms with E-state index in [1.54, 1.807) is 7.11 Å². The van der Waals surface area contributed by atoms with Crippen LogP contribution in [0.15, 0.2) is 11.4 Å². The van der Waals surface area contributed by atoms with Crippen molar-refractivity contribution in [2.45, 2.75) is 39.3 Å². The molecule has 18 heavy (non-hydrogen) atoms. The lowest BCUT2D eigenvalue weighted by Crippen LogP contribution is -2.42. The summed E-state index contributed by atoms with van der Waals surface area (Å²) >= 11 is 1.82. The van der Waals surface area contributed by atoms with Crippen LogP contribution in [0.2, 0.25) is 0 Å². The highest BCUT2D eigenvalue weighted by Gasteiger charge is 2.26. The third-order valence-corrected chi connectivity index (χ3v) is 4.52. The van der Waals surface area contributed by atoms with Gasteiger partial charge in [-0.2, -0.15) is 0 Å². The van der Waals surface area contributed by atoms with Gasteiger partial charge in [-0.1, -0.05) is 13.8 Å². The Morgan fingerprint density at radius 3 is 2.61 bits per heavy atom. The zero-order valence-corrected chi connectivity index (χ0v) is 12.8. The molecule has 0 bridgehead atoms. The molecule has 3 nitrogen and oxygen atoms in total. The molecule has 2 unspecified atom stereocenters. The fourth-order valence-corrected chi connectivity index (χ4v) is 3.38. The molecular formula is C14H26N2OS. The van der Waals surface area contributed by atoms with E-state index in [2.05, 4.69) is 37.1 Å². The SMILES string of the molecule is CCC(N)C(c1sccc1C)N(CC)CCOC. The third-order valence-electron chi connectivity index (χ3n) is 3.43. The molecule has 0 spiro atoms. The number of methoxy groups -OCH3 is 1. The smallest absolute Gasteiger partial charge is 0.0596 e. The minimum Gasteiger partial charge on any atom is -0.383 e. The quantitative estimate of drug-likeness (QED) is 0.789. The predicted molar refractivity (Wildman–Crippen MR) is 79.2 cm³/mol. The number of thiophene rings is 1. The summed E-state index contributed by atoms with van der Waals surface area (Å²) in [5.41, 5.74) is 7.70. The highest BCUT2D eigenvalue weighted by atomic mass is 32.1. The Morgan fingerprint density at radius 1 is 1.44 bits per heavy atom. The van der Waals surface area contributed by atoms with Gasteiger partial charge in [0.05, 0.1) is 12.6 Å². The molecule has 0 fully saturated rings. The third kappa shape index (κ3) is 3.79. The van der Waals surface area contributed by atoms with Gasteiger partial charge in [-0.25, -0.2) is 0 Å². The Morgan fingerprint density at radius 2 is 2.17 bits per heavy atom. The van der Waals surface area contributed by atoms with Gasteiger partial charge in [0.15, 0.2) is 0 Å². The average molecular weight is 270 g/mol. The Labute approximate surface area is 115 Å². The van der Waals surface area contributed by atoms with E-state index in [1.807, 2.05) is 11.3 Å². The molecule has 0 aliphatic heterocycles. The van der Waals surface area contributed by atoms with Crippen LogP contribution < -0.4 is 5.73 Å². The van der Waals surface area contributed by atoms with Gasteiger partial charge >= 0.3 is 0 Å². The van der Waals surface area contributed by atoms with Crippen LogP contribution in [-0.4, -0.2) is 37.7 Å². The molecule has 1 rings (SSSR count). The first-order chi connectivity index (χ1) is 8.65. The largest absolute Gasteiger partial charge is 0.383 e. The van der Waals surface area contributed by atoms with Gasteiger partial charge in [0.2, 0.25) is 0 Å². The first-order valence-electron chi connectivity index (χ1n) is 6.68. The van der Waals surface area contributed by atoms with Crippen molar-refractivity contribution in [2.75, 3.05) is 26.8 Å². The molecule has 0 saturated carbocycles. The monoisotopic (exact) mass is 270 g/mol. The summed E-state index contributed by atoms with van der Waals surface area (Å²) in [7, 11) is 1.75. The Bertz CT molecular complexity index is 340. The molecular weight excluding hydrogens is 244 g/mol. The summed E-state index contributed by atoms with van der Waals surface area (Å²) in [6.45, 7) is 9.21. The van der Waals surface area contributed by atoms with Crippen LogP contribution in [0.25, 0.3) is 0 Å². The van der Waals surface area contributed by atoms with E-state index >= 15 is 0 Å². The van der Waals surface area contributed by atoms with Gasteiger partial charge < -0.3 is 10.5 Å². The molecule has 0 aromatic carbocycles. The topological polar surface area (TPSA) is 38.5 Å². The van der Waals surface area contributed by atoms with Gasteiger partial charge in [-0.05, 0) is 36.9 Å². The number of rotatable bonds is 8. The Hall–Kier alpha value is -0.420. The van der Waals surface area contributed by atoms with Crippen molar-refractivity contribution in [3.63, 3.8) is 0 Å². The molecule has 104 valence electrons. The van der Waals surface area contributed by atoms with Crippen LogP contribution in [0.3, 0.4) is 0 Å². The lowest BCUT2D eigenvalue weighted by molar-refractivity contribution is 0.113. The van der Waals surface area contributed by atoms with Crippen molar-refractivity contribution < 1.29 is 4.74 Å². The number of likely N-dealkylation sites (N-methyl/N-ethyl adjacent to an activating group) is 1. The molecule has 1 aromatic rings. The normalized spacial score (nSPS) is 15.0. The maximum atomic E-state index is 6.35. The van der Waals surface area contributed by atoms with E-state index in [0.717, 1.165) is 26.1 Å². The molecule has 2 atom stereocenters. The number of hydrogen-bond donors (Lipinski definition) is 1. The minimum atomic E-state index is 0.180. The molecule has 4 heteroatoms. The molecule has 0 saturated heterocycles. The average Bonchev–Trinajstić information content (AvgIpc) is 2.79. The fourth-order valence-electron chi connectivity index (χ4n) is 2.24. The summed E-state index contributed by atoms with van der Waals surface area (Å²) in [5.74, 6) is 0. The first kappa shape index (κ1) is 15.6. The van der Waals surface area contributed by atoms with E-state index in [9.17, 15) is 0 Å². The molecule has 0 radical (unpaired) electrons. The maximum absolute atomic E-state index is 6.35. The highest BCUT2D eigenvalue weighted by molar-refractivity contribution is 7.10. The number of nitrogens with two attached hydrogens (primary N) is 1. The molecule has 0 aliphatic carbocycles. The number of aryl methyl sites for hydroxylation is 1. The summed E-state index contributed by atoms with van der Waals surface area (Å²) in [6.07, 6.45) is 0.992. The zero-order valence-electron chi connectivity index (χ0n) is 12.0. The van der Waals surface area contributed by atoms with Crippen molar-refractivity contribution in [1.29, 1.82) is 0 Å². The second-order valence-corrected chi connectivity index (χ2v) is 5.55. The van der Waals surface area contributed by atoms with Crippen LogP contribution in [0.1, 0.15) is 36.8 Å². The van der Waals surface area contributed by atoms with E-state index in [1.165, 1.54) is 10.4 Å². The van der Waals surface area contributed by atoms with Crippen molar-refractivity contribution in [2.24, 2.45) is 5.73 Å². The second kappa shape index (κ2) is 7.89. The van der Waals surface area contributed by atoms with Gasteiger partial charge in [-0.15, -0.1) is 11.3 Å². The maximum Gasteiger partial charge on any atom is 0.0596 e. The van der Waals surface area contributed by atoms with E-state index in [-0.39, 0.29) is 6.04 Å². The van der Waals surface area contributed by atoms with Crippen molar-refractivity contribution in [1.82, 2.24) is 4.90 Å². The lowest BCUT2D eigenvalue weighted by Gasteiger charge is -2.34. The summed E-state index contributed by atoms with van der Waals surface area (Å²) in [5, 5.41) is 2.16. The Balaban J connectivity index is 2.93. The van der Waals surface area contributed by atoms with Gasteiger partial charge in [-0.3, -0.25) is 4.90 Å². The molecule has 0 aliphatic rings. The van der Waals surface area contributed by atoms with Crippen LogP contribution in [0.4, 0.5) is 0 Å². The van der Waals surface area contributed by atoms with Crippen molar-refractivity contribution in [3.05, 3.63) is 21.9 Å². The predicted octanol–water partition coefficient (Wildman–Crippen LogP) is 2.80. The van der Waals surface area contributed by atoms with Crippen molar-refractivity contribution in [3.8, 4) is 0 Å². The zero-order chi connectivity index (χ0) is 13.5. The number of nitrogens with zero attached hydrogens (tertiary/aromatic N) is 1. The van der Waals surface area contributed by atoms with Crippen LogP contribution in [0.5, 0.6) is 0 Å². The highest BCUT2D eigenvalue weighted by Crippen LogP contribution is 2.31. The summed E-state index contributed by atoms with van der Waals surface area (Å²) < 4.78 is 5.21. The number of ether oxygens (including phenoxy) is 1. The number of hydrogen-bond acceptors (Lipinski definition) is 4. The summed E-state index contributed by atoms with van der Waals surface area (Å²) in [6, 6.07) is 2.67. The van der Waals surface area contributed by atoms with Gasteiger partial charge in [0.1, 0.15) is 0 Å². The van der Waals surface area contributed by atoms with Crippen LogP contribution in [-0.2, 0) is 4.74 Å². The minimum absolute atomic E-state index is 0.180. The molecule has 1 heterocycles. The van der Waals surface area contributed by atoms with Crippen LogP contribution >= 0.6 is 11.3 Å². The lowest BCUT2D eigenvalue weighted by atomic mass is 10.0. The molecule has 2 N–H and O–H groups in total. The van der Waals surface area contributed by atoms with E-state index < -0.39 is 0 Å². The van der Waals surface area contributed by atoms with Gasteiger partial charge in [0, 0.05) is 24.6 Å². The second-order valence-electron chi connectivity index (χ2n) is 4.61. The standard InChI is InChI=1S/C14H26N2OS/c1-5-12(15)13(14-11(3)7-10-18-14)16(6-2)8-9-17-4/h7,10,12-13H,5-6,8-9,15H2,1-4H3. The van der Waals surface area contributed by atoms with Crippen molar-refractivity contribution >= 4 is 11.3 Å². The van der Waals surface area contributed by atoms with Gasteiger partial charge in [0.25, 0.3) is 0 Å². The summed E-state index contributed by atoms with van der Waals surface area (Å²) in [4.78, 5) is 3.83. The Kier molecular flexibility index (Phi) is 6.86. The first-order valence-corrected chi connectivity index (χ1v) is 7.56. The van der Waals surface area contributed by atoms with Crippen LogP contribution in [0, 0.1) is 6.92 Å². The van der Waals surface area contributed by atoms with E-state index in [0.29, 0.717) is 6.04 Å².